The zero-order valence-electron chi connectivity index (χ0n) is 22.8. The molecular formula is C31H27F5N4O2. The molecule has 42 heavy (non-hydrogen) atoms. The van der Waals surface area contributed by atoms with Crippen LogP contribution in [0.4, 0.5) is 22.0 Å². The standard InChI is InChI=1S/C31H27F5N4O2/c1-30(16-37,20-6-7-20)39-15-19-13-18(5-10-24(19)33)22-14-23-26(28(41)38-2)27(17-3-8-21(32)9-4-17)42-29(23)40-25(22)11-12-31(34,35)36/h3-5,8-10,13-14,20,39H,6-7,11-12,15H2,1-2H3,(H,38,41). The molecule has 1 aliphatic rings. The van der Waals surface area contributed by atoms with E-state index in [2.05, 4.69) is 21.7 Å². The molecule has 1 atom stereocenters. The molecule has 218 valence electrons. The molecule has 0 radical (unpaired) electrons. The molecule has 11 heteroatoms. The summed E-state index contributed by atoms with van der Waals surface area (Å²) < 4.78 is 74.2. The zero-order valence-corrected chi connectivity index (χ0v) is 22.8. The Labute approximate surface area is 238 Å². The first-order chi connectivity index (χ1) is 19.9. The maximum Gasteiger partial charge on any atom is 0.389 e. The molecule has 1 aliphatic carbocycles. The van der Waals surface area contributed by atoms with Crippen molar-refractivity contribution in [2.45, 2.75) is 50.9 Å². The van der Waals surface area contributed by atoms with E-state index in [9.17, 15) is 32.0 Å². The Bertz CT molecular complexity index is 1690. The fourth-order valence-corrected chi connectivity index (χ4v) is 5.01. The molecule has 2 aromatic carbocycles. The van der Waals surface area contributed by atoms with Crippen molar-refractivity contribution >= 4 is 17.0 Å². The number of nitrogens with zero attached hydrogens (tertiary/aromatic N) is 2. The summed E-state index contributed by atoms with van der Waals surface area (Å²) >= 11 is 0. The van der Waals surface area contributed by atoms with Crippen molar-refractivity contribution in [1.29, 1.82) is 5.26 Å². The number of pyridine rings is 1. The summed E-state index contributed by atoms with van der Waals surface area (Å²) in [6.07, 6.45) is -4.33. The third kappa shape index (κ3) is 5.99. The number of amides is 1. The molecule has 4 aromatic rings. The van der Waals surface area contributed by atoms with Crippen molar-refractivity contribution in [3.8, 4) is 28.5 Å². The Morgan fingerprint density at radius 1 is 1.10 bits per heavy atom. The highest BCUT2D eigenvalue weighted by atomic mass is 19.4. The average molecular weight is 583 g/mol. The van der Waals surface area contributed by atoms with E-state index < -0.39 is 42.1 Å². The Hall–Kier alpha value is -4.30. The third-order valence-electron chi connectivity index (χ3n) is 7.60. The highest BCUT2D eigenvalue weighted by molar-refractivity contribution is 6.11. The van der Waals surface area contributed by atoms with Crippen LogP contribution in [-0.2, 0) is 13.0 Å². The minimum absolute atomic E-state index is 0.0255. The number of carbonyl (C=O) groups excluding carboxylic acids is 1. The molecule has 1 unspecified atom stereocenters. The molecule has 0 aliphatic heterocycles. The van der Waals surface area contributed by atoms with Gasteiger partial charge in [0, 0.05) is 36.7 Å². The van der Waals surface area contributed by atoms with Crippen molar-refractivity contribution in [1.82, 2.24) is 15.6 Å². The number of nitriles is 1. The Morgan fingerprint density at radius 3 is 2.40 bits per heavy atom. The van der Waals surface area contributed by atoms with Crippen LogP contribution in [0.1, 0.15) is 47.8 Å². The van der Waals surface area contributed by atoms with Crippen LogP contribution in [0.15, 0.2) is 52.9 Å². The largest absolute Gasteiger partial charge is 0.437 e. The van der Waals surface area contributed by atoms with Gasteiger partial charge in [0.25, 0.3) is 5.91 Å². The van der Waals surface area contributed by atoms with Gasteiger partial charge >= 0.3 is 6.18 Å². The van der Waals surface area contributed by atoms with Gasteiger partial charge in [-0.05, 0) is 80.1 Å². The predicted octanol–water partition coefficient (Wildman–Crippen LogP) is 7.08. The lowest BCUT2D eigenvalue weighted by atomic mass is 9.95. The van der Waals surface area contributed by atoms with Gasteiger partial charge in [-0.2, -0.15) is 18.4 Å². The molecule has 1 amide bonds. The summed E-state index contributed by atoms with van der Waals surface area (Å²) in [5.74, 6) is -1.34. The van der Waals surface area contributed by atoms with Crippen LogP contribution in [0.25, 0.3) is 33.6 Å². The normalized spacial score (nSPS) is 14.9. The first-order valence-corrected chi connectivity index (χ1v) is 13.4. The highest BCUT2D eigenvalue weighted by Gasteiger charge is 2.41. The first-order valence-electron chi connectivity index (χ1n) is 13.4. The fourth-order valence-electron chi connectivity index (χ4n) is 5.01. The van der Waals surface area contributed by atoms with Gasteiger partial charge in [-0.15, -0.1) is 0 Å². The van der Waals surface area contributed by atoms with Crippen LogP contribution in [-0.4, -0.2) is 29.7 Å². The number of rotatable bonds is 9. The molecule has 1 saturated carbocycles. The van der Waals surface area contributed by atoms with E-state index in [1.807, 2.05) is 0 Å². The Kier molecular flexibility index (Phi) is 7.77. The molecular weight excluding hydrogens is 555 g/mol. The topological polar surface area (TPSA) is 90.9 Å². The maximum absolute atomic E-state index is 14.9. The highest BCUT2D eigenvalue weighted by Crippen LogP contribution is 2.40. The second-order valence-electron chi connectivity index (χ2n) is 10.6. The van der Waals surface area contributed by atoms with E-state index in [1.54, 1.807) is 6.92 Å². The van der Waals surface area contributed by atoms with Gasteiger partial charge in [-0.1, -0.05) is 6.07 Å². The lowest BCUT2D eigenvalue weighted by Crippen LogP contribution is -2.42. The molecule has 0 bridgehead atoms. The molecule has 2 heterocycles. The summed E-state index contributed by atoms with van der Waals surface area (Å²) in [6.45, 7) is 1.79. The van der Waals surface area contributed by atoms with E-state index in [-0.39, 0.29) is 51.7 Å². The number of aromatic nitrogens is 1. The second-order valence-corrected chi connectivity index (χ2v) is 10.6. The number of aryl methyl sites for hydroxylation is 1. The number of furan rings is 1. The molecule has 0 saturated heterocycles. The zero-order chi connectivity index (χ0) is 30.2. The van der Waals surface area contributed by atoms with E-state index in [0.717, 1.165) is 12.8 Å². The summed E-state index contributed by atoms with van der Waals surface area (Å²) in [5.41, 5.74) is 0.483. The van der Waals surface area contributed by atoms with Crippen LogP contribution in [0.5, 0.6) is 0 Å². The van der Waals surface area contributed by atoms with Gasteiger partial charge in [-0.25, -0.2) is 13.8 Å². The van der Waals surface area contributed by atoms with Crippen LogP contribution in [0, 0.1) is 28.9 Å². The van der Waals surface area contributed by atoms with E-state index >= 15 is 0 Å². The number of hydrogen-bond donors (Lipinski definition) is 2. The summed E-state index contributed by atoms with van der Waals surface area (Å²) in [6, 6.07) is 13.2. The van der Waals surface area contributed by atoms with Gasteiger partial charge in [-0.3, -0.25) is 10.1 Å². The summed E-state index contributed by atoms with van der Waals surface area (Å²) in [5, 5.41) is 15.6. The monoisotopic (exact) mass is 582 g/mol. The quantitative estimate of drug-likeness (QED) is 0.206. The molecule has 6 nitrogen and oxygen atoms in total. The number of fused-ring (bicyclic) bond motifs is 1. The summed E-state index contributed by atoms with van der Waals surface area (Å²) in [7, 11) is 1.41. The van der Waals surface area contributed by atoms with Crippen LogP contribution in [0.3, 0.4) is 0 Å². The smallest absolute Gasteiger partial charge is 0.389 e. The first kappa shape index (κ1) is 29.2. The Morgan fingerprint density at radius 2 is 1.79 bits per heavy atom. The van der Waals surface area contributed by atoms with Crippen molar-refractivity contribution in [2.75, 3.05) is 7.05 Å². The SMILES string of the molecule is CNC(=O)c1c(-c2ccc(F)cc2)oc2nc(CCC(F)(F)F)c(-c3ccc(F)c(CNC(C)(C#N)C4CC4)c3)cc12. The minimum atomic E-state index is -4.47. The number of alkyl halides is 3. The molecule has 0 spiro atoms. The van der Waals surface area contributed by atoms with Crippen molar-refractivity contribution < 1.29 is 31.2 Å². The Balaban J connectivity index is 1.64. The lowest BCUT2D eigenvalue weighted by molar-refractivity contribution is -0.134. The van der Waals surface area contributed by atoms with Gasteiger partial charge < -0.3 is 9.73 Å². The number of hydrogen-bond acceptors (Lipinski definition) is 5. The van der Waals surface area contributed by atoms with E-state index in [0.29, 0.717) is 11.1 Å². The van der Waals surface area contributed by atoms with Crippen LogP contribution >= 0.6 is 0 Å². The fraction of sp³-hybridized carbons (Fsp3) is 0.323. The van der Waals surface area contributed by atoms with Gasteiger partial charge in [0.2, 0.25) is 5.71 Å². The maximum atomic E-state index is 14.9. The van der Waals surface area contributed by atoms with E-state index in [4.69, 9.17) is 4.42 Å². The van der Waals surface area contributed by atoms with Crippen molar-refractivity contribution in [2.24, 2.45) is 5.92 Å². The lowest BCUT2D eigenvalue weighted by Gasteiger charge is -2.23. The third-order valence-corrected chi connectivity index (χ3v) is 7.60. The van der Waals surface area contributed by atoms with Gasteiger partial charge in [0.15, 0.2) is 0 Å². The number of nitrogens with one attached hydrogen (secondary N) is 2. The molecule has 2 aromatic heterocycles. The average Bonchev–Trinajstić information content (AvgIpc) is 3.76. The van der Waals surface area contributed by atoms with E-state index in [1.165, 1.54) is 55.6 Å². The van der Waals surface area contributed by atoms with Crippen LogP contribution < -0.4 is 10.6 Å². The van der Waals surface area contributed by atoms with Gasteiger partial charge in [0.05, 0.1) is 22.7 Å². The van der Waals surface area contributed by atoms with Crippen LogP contribution in [0.2, 0.25) is 0 Å². The number of halogens is 5. The van der Waals surface area contributed by atoms with Crippen molar-refractivity contribution in [3.63, 3.8) is 0 Å². The molecule has 1 fully saturated rings. The number of benzene rings is 2. The van der Waals surface area contributed by atoms with Gasteiger partial charge in [0.1, 0.15) is 22.9 Å². The van der Waals surface area contributed by atoms with Crippen molar-refractivity contribution in [3.05, 3.63) is 77.0 Å². The second kappa shape index (κ2) is 11.2. The number of carbonyl (C=O) groups is 1. The molecule has 5 rings (SSSR count). The minimum Gasteiger partial charge on any atom is -0.437 e. The molecule has 2 N–H and O–H groups in total. The predicted molar refractivity (Wildman–Crippen MR) is 146 cm³/mol. The summed E-state index contributed by atoms with van der Waals surface area (Å²) in [4.78, 5) is 17.4.